The molecule has 2 N–H and O–H groups in total. The molecule has 2 aromatic heterocycles. The van der Waals surface area contributed by atoms with Gasteiger partial charge in [-0.05, 0) is 25.5 Å². The fourth-order valence-electron chi connectivity index (χ4n) is 3.84. The van der Waals surface area contributed by atoms with Crippen molar-refractivity contribution in [2.24, 2.45) is 16.6 Å². The Labute approximate surface area is 171 Å². The lowest BCUT2D eigenvalue weighted by molar-refractivity contribution is -0.132. The molecule has 2 aliphatic rings. The smallest absolute Gasteiger partial charge is 0.236 e. The predicted molar refractivity (Wildman–Crippen MR) is 107 cm³/mol. The van der Waals surface area contributed by atoms with E-state index < -0.39 is 11.5 Å². The summed E-state index contributed by atoms with van der Waals surface area (Å²) < 4.78 is 14.8. The van der Waals surface area contributed by atoms with E-state index in [9.17, 15) is 9.18 Å². The van der Waals surface area contributed by atoms with Crippen molar-refractivity contribution in [1.82, 2.24) is 14.9 Å². The highest BCUT2D eigenvalue weighted by Crippen LogP contribution is 2.47. The van der Waals surface area contributed by atoms with E-state index in [1.807, 2.05) is 17.9 Å². The lowest BCUT2D eigenvalue weighted by Gasteiger charge is -2.36. The fourth-order valence-corrected chi connectivity index (χ4v) is 5.07. The molecule has 4 heterocycles. The molecule has 1 amide bonds. The summed E-state index contributed by atoms with van der Waals surface area (Å²) in [4.78, 5) is 30.6. The molecule has 7 nitrogen and oxygen atoms in total. The monoisotopic (exact) mass is 422 g/mol. The van der Waals surface area contributed by atoms with Crippen LogP contribution in [0.2, 0.25) is 4.34 Å². The molecular weight excluding hydrogens is 403 g/mol. The minimum atomic E-state index is -0.858. The van der Waals surface area contributed by atoms with Gasteiger partial charge in [0.2, 0.25) is 11.9 Å². The molecule has 10 heteroatoms. The third kappa shape index (κ3) is 2.76. The molecule has 28 heavy (non-hydrogen) atoms. The van der Waals surface area contributed by atoms with Gasteiger partial charge in [0.25, 0.3) is 0 Å². The first kappa shape index (κ1) is 19.1. The molecule has 4 rings (SSSR count). The van der Waals surface area contributed by atoms with Crippen molar-refractivity contribution < 1.29 is 9.18 Å². The number of fused-ring (bicyclic) bond motifs is 1. The molecule has 0 radical (unpaired) electrons. The van der Waals surface area contributed by atoms with Crippen molar-refractivity contribution in [3.8, 4) is 0 Å². The zero-order valence-electron chi connectivity index (χ0n) is 15.7. The van der Waals surface area contributed by atoms with Gasteiger partial charge in [-0.2, -0.15) is 0 Å². The van der Waals surface area contributed by atoms with Gasteiger partial charge in [-0.25, -0.2) is 19.4 Å². The maximum atomic E-state index is 14.2. The Balaban J connectivity index is 1.82. The molecular formula is C18H20ClFN6OS. The van der Waals surface area contributed by atoms with Crippen LogP contribution < -0.4 is 10.6 Å². The van der Waals surface area contributed by atoms with Crippen LogP contribution in [0, 0.1) is 18.7 Å². The Bertz CT molecular complexity index is 994. The molecule has 0 unspecified atom stereocenters. The zero-order valence-corrected chi connectivity index (χ0v) is 17.3. The molecule has 2 aliphatic heterocycles. The van der Waals surface area contributed by atoms with Gasteiger partial charge in [-0.3, -0.25) is 9.69 Å². The third-order valence-corrected chi connectivity index (χ3v) is 6.79. The van der Waals surface area contributed by atoms with E-state index in [2.05, 4.69) is 9.97 Å². The number of carbonyl (C=O) groups excluding carboxylic acids is 1. The molecule has 2 aromatic rings. The highest BCUT2D eigenvalue weighted by molar-refractivity contribution is 7.16. The number of rotatable bonds is 3. The van der Waals surface area contributed by atoms with Crippen molar-refractivity contribution in [3.05, 3.63) is 38.6 Å². The number of aliphatic imine (C=N–C) groups is 1. The van der Waals surface area contributed by atoms with Crippen molar-refractivity contribution >= 4 is 40.8 Å². The lowest BCUT2D eigenvalue weighted by Crippen LogP contribution is -2.54. The summed E-state index contributed by atoms with van der Waals surface area (Å²) in [5.41, 5.74) is 5.84. The summed E-state index contributed by atoms with van der Waals surface area (Å²) in [5.74, 6) is -0.400. The summed E-state index contributed by atoms with van der Waals surface area (Å²) in [6.45, 7) is 4.19. The lowest BCUT2D eigenvalue weighted by atomic mass is 9.84. The molecule has 2 atom stereocenters. The van der Waals surface area contributed by atoms with E-state index in [1.54, 1.807) is 20.0 Å². The van der Waals surface area contributed by atoms with E-state index >= 15 is 0 Å². The van der Waals surface area contributed by atoms with E-state index in [0.29, 0.717) is 35.5 Å². The Hall–Kier alpha value is -2.26. The molecule has 0 spiro atoms. The van der Waals surface area contributed by atoms with E-state index in [0.717, 1.165) is 4.88 Å². The van der Waals surface area contributed by atoms with Gasteiger partial charge in [0.05, 0.1) is 28.2 Å². The Morgan fingerprint density at radius 3 is 2.82 bits per heavy atom. The van der Waals surface area contributed by atoms with Crippen LogP contribution in [0.15, 0.2) is 17.1 Å². The van der Waals surface area contributed by atoms with Gasteiger partial charge in [0.15, 0.2) is 11.8 Å². The highest BCUT2D eigenvalue weighted by Gasteiger charge is 2.56. The van der Waals surface area contributed by atoms with E-state index in [1.165, 1.54) is 16.2 Å². The second kappa shape index (κ2) is 6.66. The van der Waals surface area contributed by atoms with E-state index in [4.69, 9.17) is 22.3 Å². The minimum absolute atomic E-state index is 0.117. The van der Waals surface area contributed by atoms with E-state index in [-0.39, 0.29) is 23.4 Å². The van der Waals surface area contributed by atoms with Crippen LogP contribution >= 0.6 is 22.9 Å². The number of carbonyl (C=O) groups is 1. The molecule has 0 aliphatic carbocycles. The second-order valence-corrected chi connectivity index (χ2v) is 8.77. The molecule has 0 bridgehead atoms. The first-order valence-electron chi connectivity index (χ1n) is 8.93. The first-order valence-corrected chi connectivity index (χ1v) is 10.1. The first-order chi connectivity index (χ1) is 13.3. The van der Waals surface area contributed by atoms with Crippen LogP contribution in [0.1, 0.15) is 23.2 Å². The summed E-state index contributed by atoms with van der Waals surface area (Å²) in [6.07, 6.45) is 0.456. The SMILES string of the molecule is CCc1nc(N2C[C@H]3C(=O)N(C)C(N)=N[C@@]3(c3ccc(Cl)s3)C2)nc(C)c1F. The second-order valence-electron chi connectivity index (χ2n) is 7.05. The van der Waals surface area contributed by atoms with Crippen molar-refractivity contribution in [2.45, 2.75) is 25.8 Å². The van der Waals surface area contributed by atoms with Crippen LogP contribution in [0.3, 0.4) is 0 Å². The average molecular weight is 423 g/mol. The Kier molecular flexibility index (Phi) is 4.54. The number of anilines is 1. The number of nitrogens with zero attached hydrogens (tertiary/aromatic N) is 5. The summed E-state index contributed by atoms with van der Waals surface area (Å²) in [5, 5.41) is 0. The zero-order chi connectivity index (χ0) is 20.2. The average Bonchev–Trinajstić information content (AvgIpc) is 3.27. The number of guanidine groups is 1. The number of aromatic nitrogens is 2. The number of amides is 1. The molecule has 1 saturated heterocycles. The largest absolute Gasteiger partial charge is 0.369 e. The molecule has 0 saturated carbocycles. The molecule has 148 valence electrons. The number of aryl methyl sites for hydroxylation is 2. The summed E-state index contributed by atoms with van der Waals surface area (Å²) in [7, 11) is 1.61. The number of hydrogen-bond donors (Lipinski definition) is 1. The highest BCUT2D eigenvalue weighted by atomic mass is 35.5. The summed E-state index contributed by atoms with van der Waals surface area (Å²) >= 11 is 7.54. The van der Waals surface area contributed by atoms with Crippen LogP contribution in [-0.2, 0) is 16.8 Å². The molecule has 0 aromatic carbocycles. The third-order valence-electron chi connectivity index (χ3n) is 5.39. The van der Waals surface area contributed by atoms with Crippen molar-refractivity contribution in [3.63, 3.8) is 0 Å². The standard InChI is InChI=1S/C18H20ClFN6OS/c1-4-11-14(20)9(2)22-17(23-11)26-7-10-15(27)25(3)16(21)24-18(10,8-26)12-5-6-13(19)28-12/h5-6,10H,4,7-8H2,1-3H3,(H2,21,24)/t10-,18-/m0/s1. The van der Waals surface area contributed by atoms with Gasteiger partial charge in [0, 0.05) is 18.5 Å². The number of hydrogen-bond acceptors (Lipinski definition) is 7. The van der Waals surface area contributed by atoms with Gasteiger partial charge < -0.3 is 10.6 Å². The number of nitrogens with two attached hydrogens (primary N) is 1. The van der Waals surface area contributed by atoms with Gasteiger partial charge in [0.1, 0.15) is 5.54 Å². The topological polar surface area (TPSA) is 87.7 Å². The minimum Gasteiger partial charge on any atom is -0.369 e. The number of thiophene rings is 1. The van der Waals surface area contributed by atoms with Crippen LogP contribution in [0.4, 0.5) is 10.3 Å². The Morgan fingerprint density at radius 1 is 1.43 bits per heavy atom. The normalized spacial score (nSPS) is 24.5. The van der Waals surface area contributed by atoms with Crippen molar-refractivity contribution in [2.75, 3.05) is 25.0 Å². The van der Waals surface area contributed by atoms with Gasteiger partial charge in [-0.1, -0.05) is 18.5 Å². The van der Waals surface area contributed by atoms with Gasteiger partial charge in [-0.15, -0.1) is 11.3 Å². The van der Waals surface area contributed by atoms with Crippen LogP contribution in [-0.4, -0.2) is 46.9 Å². The van der Waals surface area contributed by atoms with Crippen LogP contribution in [0.25, 0.3) is 0 Å². The maximum Gasteiger partial charge on any atom is 0.236 e. The fraction of sp³-hybridized carbons (Fsp3) is 0.444. The quantitative estimate of drug-likeness (QED) is 0.820. The Morgan fingerprint density at radius 2 is 2.18 bits per heavy atom. The molecule has 1 fully saturated rings. The van der Waals surface area contributed by atoms with Gasteiger partial charge >= 0.3 is 0 Å². The summed E-state index contributed by atoms with van der Waals surface area (Å²) in [6, 6.07) is 3.67. The van der Waals surface area contributed by atoms with Crippen LogP contribution in [0.5, 0.6) is 0 Å². The number of halogens is 2. The van der Waals surface area contributed by atoms with Crippen molar-refractivity contribution in [1.29, 1.82) is 0 Å². The predicted octanol–water partition coefficient (Wildman–Crippen LogP) is 2.32. The maximum absolute atomic E-state index is 14.2.